The summed E-state index contributed by atoms with van der Waals surface area (Å²) in [5, 5.41) is 0. The molecule has 2 N–H and O–H groups in total. The molecule has 6 nitrogen and oxygen atoms in total. The Labute approximate surface area is 125 Å². The largest absolute Gasteiger partial charge is 0.333 e. The van der Waals surface area contributed by atoms with E-state index in [1.54, 1.807) is 6.08 Å². The number of aromatic nitrogens is 4. The molecule has 0 aliphatic heterocycles. The van der Waals surface area contributed by atoms with Gasteiger partial charge in [-0.2, -0.15) is 0 Å². The summed E-state index contributed by atoms with van der Waals surface area (Å²) in [7, 11) is 0. The van der Waals surface area contributed by atoms with Gasteiger partial charge in [0, 0.05) is 0 Å². The summed E-state index contributed by atoms with van der Waals surface area (Å²) in [5.74, 6) is 2.76. The number of aromatic amines is 2. The molecule has 0 fully saturated rings. The van der Waals surface area contributed by atoms with Crippen molar-refractivity contribution in [1.29, 1.82) is 0 Å². The first kappa shape index (κ1) is 13.6. The van der Waals surface area contributed by atoms with Crippen molar-refractivity contribution in [2.75, 3.05) is 0 Å². The molecule has 2 aromatic heterocycles. The van der Waals surface area contributed by atoms with Crippen LogP contribution in [-0.4, -0.2) is 19.5 Å². The molecule has 0 saturated carbocycles. The van der Waals surface area contributed by atoms with Crippen LogP contribution in [-0.2, 0) is 6.54 Å². The fourth-order valence-corrected chi connectivity index (χ4v) is 2.09. The Morgan fingerprint density at radius 3 is 2.68 bits per heavy atom. The Balaban J connectivity index is 2.06. The average molecular weight is 292 g/mol. The van der Waals surface area contributed by atoms with E-state index in [1.807, 2.05) is 36.4 Å². The highest BCUT2D eigenvalue weighted by Crippen LogP contribution is 2.07. The maximum atomic E-state index is 12.2. The topological polar surface area (TPSA) is 83.5 Å². The van der Waals surface area contributed by atoms with Crippen molar-refractivity contribution in [3.8, 4) is 12.3 Å². The minimum Gasteiger partial charge on any atom is -0.333 e. The summed E-state index contributed by atoms with van der Waals surface area (Å²) < 4.78 is 0.950. The number of H-pyrrole nitrogens is 2. The number of nitrogens with zero attached hydrogens (tertiary/aromatic N) is 2. The van der Waals surface area contributed by atoms with Crippen LogP contribution < -0.4 is 11.2 Å². The zero-order valence-electron chi connectivity index (χ0n) is 11.5. The maximum Gasteiger partial charge on any atom is 0.330 e. The molecule has 0 atom stereocenters. The molecule has 6 heteroatoms. The summed E-state index contributed by atoms with van der Waals surface area (Å²) in [5.41, 5.74) is 0.392. The van der Waals surface area contributed by atoms with Crippen LogP contribution in [0.3, 0.4) is 0 Å². The molecule has 0 amide bonds. The first-order valence-electron chi connectivity index (χ1n) is 6.58. The highest BCUT2D eigenvalue weighted by molar-refractivity contribution is 5.74. The van der Waals surface area contributed by atoms with Gasteiger partial charge in [0.25, 0.3) is 5.56 Å². The zero-order chi connectivity index (χ0) is 15.5. The van der Waals surface area contributed by atoms with Crippen molar-refractivity contribution in [2.45, 2.75) is 6.54 Å². The predicted molar refractivity (Wildman–Crippen MR) is 85.2 cm³/mol. The van der Waals surface area contributed by atoms with Crippen LogP contribution in [0.2, 0.25) is 0 Å². The van der Waals surface area contributed by atoms with E-state index >= 15 is 0 Å². The van der Waals surface area contributed by atoms with E-state index in [-0.39, 0.29) is 17.7 Å². The van der Waals surface area contributed by atoms with Gasteiger partial charge in [-0.3, -0.25) is 9.78 Å². The number of nitrogens with one attached hydrogen (secondary N) is 2. The predicted octanol–water partition coefficient (Wildman–Crippen LogP) is 1.22. The molecule has 0 saturated heterocycles. The molecule has 0 bridgehead atoms. The molecule has 108 valence electrons. The lowest BCUT2D eigenvalue weighted by molar-refractivity contribution is 0.739. The van der Waals surface area contributed by atoms with Crippen LogP contribution in [0.15, 0.2) is 39.9 Å². The van der Waals surface area contributed by atoms with Crippen molar-refractivity contribution in [3.05, 3.63) is 62.6 Å². The van der Waals surface area contributed by atoms with Gasteiger partial charge in [-0.05, 0) is 11.6 Å². The van der Waals surface area contributed by atoms with Crippen LogP contribution in [0.1, 0.15) is 11.4 Å². The van der Waals surface area contributed by atoms with Crippen LogP contribution >= 0.6 is 0 Å². The Hall–Kier alpha value is -3.33. The molecule has 2 heterocycles. The normalized spacial score (nSPS) is 11.0. The zero-order valence-corrected chi connectivity index (χ0v) is 11.5. The number of hydrogen-bond donors (Lipinski definition) is 2. The summed E-state index contributed by atoms with van der Waals surface area (Å²) in [4.78, 5) is 33.6. The highest BCUT2D eigenvalue weighted by Gasteiger charge is 2.10. The lowest BCUT2D eigenvalue weighted by atomic mass is 10.2. The van der Waals surface area contributed by atoms with Crippen molar-refractivity contribution in [1.82, 2.24) is 19.5 Å². The molecule has 0 aliphatic rings. The van der Waals surface area contributed by atoms with Crippen LogP contribution in [0.4, 0.5) is 0 Å². The van der Waals surface area contributed by atoms with E-state index in [9.17, 15) is 9.59 Å². The van der Waals surface area contributed by atoms with Gasteiger partial charge in [0.1, 0.15) is 11.3 Å². The number of benzene rings is 1. The second kappa shape index (κ2) is 5.58. The average Bonchev–Trinajstić information content (AvgIpc) is 2.93. The summed E-state index contributed by atoms with van der Waals surface area (Å²) >= 11 is 0. The third kappa shape index (κ3) is 2.47. The summed E-state index contributed by atoms with van der Waals surface area (Å²) in [6.45, 7) is -0.0850. The van der Waals surface area contributed by atoms with Crippen molar-refractivity contribution in [2.24, 2.45) is 0 Å². The molecule has 3 aromatic rings. The SMILES string of the molecule is C#CCn1c(=O)[nH]c2nc(/C=C/c3ccccc3)[nH]c2c1=O. The smallest absolute Gasteiger partial charge is 0.330 e. The van der Waals surface area contributed by atoms with Crippen molar-refractivity contribution in [3.63, 3.8) is 0 Å². The lowest BCUT2D eigenvalue weighted by Crippen LogP contribution is -2.34. The third-order valence-electron chi connectivity index (χ3n) is 3.13. The summed E-state index contributed by atoms with van der Waals surface area (Å²) in [6, 6.07) is 9.67. The Kier molecular flexibility index (Phi) is 3.46. The van der Waals surface area contributed by atoms with Gasteiger partial charge in [-0.1, -0.05) is 42.3 Å². The van der Waals surface area contributed by atoms with Gasteiger partial charge in [0.15, 0.2) is 5.65 Å². The van der Waals surface area contributed by atoms with Crippen molar-refractivity contribution >= 4 is 23.3 Å². The van der Waals surface area contributed by atoms with Gasteiger partial charge < -0.3 is 4.98 Å². The first-order chi connectivity index (χ1) is 10.7. The second-order valence-electron chi connectivity index (χ2n) is 4.62. The van der Waals surface area contributed by atoms with E-state index in [0.29, 0.717) is 5.82 Å². The van der Waals surface area contributed by atoms with E-state index in [2.05, 4.69) is 20.9 Å². The molecule has 1 aromatic carbocycles. The fraction of sp³-hybridized carbons (Fsp3) is 0.0625. The number of hydrogen-bond acceptors (Lipinski definition) is 3. The van der Waals surface area contributed by atoms with Gasteiger partial charge >= 0.3 is 5.69 Å². The third-order valence-corrected chi connectivity index (χ3v) is 3.13. The van der Waals surface area contributed by atoms with E-state index in [0.717, 1.165) is 10.1 Å². The van der Waals surface area contributed by atoms with Crippen LogP contribution in [0.25, 0.3) is 23.3 Å². The molecular formula is C16H12N4O2. The molecule has 0 radical (unpaired) electrons. The molecular weight excluding hydrogens is 280 g/mol. The molecule has 0 aliphatic carbocycles. The van der Waals surface area contributed by atoms with Gasteiger partial charge in [-0.15, -0.1) is 6.42 Å². The monoisotopic (exact) mass is 292 g/mol. The van der Waals surface area contributed by atoms with Gasteiger partial charge in [0.2, 0.25) is 0 Å². The van der Waals surface area contributed by atoms with E-state index in [1.165, 1.54) is 0 Å². The molecule has 0 unspecified atom stereocenters. The Bertz CT molecular complexity index is 1000. The Morgan fingerprint density at radius 1 is 1.18 bits per heavy atom. The second-order valence-corrected chi connectivity index (χ2v) is 4.62. The van der Waals surface area contributed by atoms with Crippen molar-refractivity contribution < 1.29 is 0 Å². The van der Waals surface area contributed by atoms with E-state index in [4.69, 9.17) is 6.42 Å². The minimum absolute atomic E-state index is 0.0850. The number of fused-ring (bicyclic) bond motifs is 1. The number of imidazole rings is 1. The molecule has 22 heavy (non-hydrogen) atoms. The fourth-order valence-electron chi connectivity index (χ4n) is 2.09. The number of rotatable bonds is 3. The summed E-state index contributed by atoms with van der Waals surface area (Å²) in [6.07, 6.45) is 8.75. The highest BCUT2D eigenvalue weighted by atomic mass is 16.2. The van der Waals surface area contributed by atoms with Gasteiger partial charge in [0.05, 0.1) is 6.54 Å². The Morgan fingerprint density at radius 2 is 1.95 bits per heavy atom. The standard InChI is InChI=1S/C16H12N4O2/c1-2-10-20-15(21)13-14(19-16(20)22)18-12(17-13)9-8-11-6-4-3-5-7-11/h1,3-9H,10H2,(H,17,18)(H,19,22)/b9-8+. The van der Waals surface area contributed by atoms with Crippen LogP contribution in [0.5, 0.6) is 0 Å². The first-order valence-corrected chi connectivity index (χ1v) is 6.58. The molecule has 0 spiro atoms. The van der Waals surface area contributed by atoms with Crippen LogP contribution in [0, 0.1) is 12.3 Å². The van der Waals surface area contributed by atoms with Gasteiger partial charge in [-0.25, -0.2) is 14.3 Å². The van der Waals surface area contributed by atoms with E-state index < -0.39 is 11.2 Å². The molecule has 3 rings (SSSR count). The minimum atomic E-state index is -0.569. The maximum absolute atomic E-state index is 12.2. The number of terminal acetylenes is 1. The lowest BCUT2D eigenvalue weighted by Gasteiger charge is -1.97. The quantitative estimate of drug-likeness (QED) is 0.712.